The van der Waals surface area contributed by atoms with E-state index in [4.69, 9.17) is 0 Å². The van der Waals surface area contributed by atoms with Gasteiger partial charge in [-0.1, -0.05) is 12.1 Å². The Morgan fingerprint density at radius 2 is 1.92 bits per heavy atom. The average Bonchev–Trinajstić information content (AvgIpc) is 2.99. The van der Waals surface area contributed by atoms with Crippen molar-refractivity contribution >= 4 is 11.8 Å². The van der Waals surface area contributed by atoms with Crippen LogP contribution in [-0.4, -0.2) is 28.2 Å². The molecule has 0 bridgehead atoms. The van der Waals surface area contributed by atoms with E-state index in [1.54, 1.807) is 12.1 Å². The van der Waals surface area contributed by atoms with Gasteiger partial charge in [0, 0.05) is 42.9 Å². The number of H-pyrrole nitrogens is 1. The third kappa shape index (κ3) is 4.02. The van der Waals surface area contributed by atoms with Gasteiger partial charge in [0.2, 0.25) is 5.91 Å². The fourth-order valence-electron chi connectivity index (χ4n) is 3.23. The minimum absolute atomic E-state index is 0.173. The van der Waals surface area contributed by atoms with E-state index >= 15 is 0 Å². The molecule has 1 fully saturated rings. The SMILES string of the molecule is Cc1cc(C)c(CNC(=O)c2ccc(CN3CCCC3=O)cc2)c(=O)[nH]1. The first-order chi connectivity index (χ1) is 12.4. The Hall–Kier alpha value is -2.89. The number of likely N-dealkylation sites (tertiary alicyclic amines) is 1. The van der Waals surface area contributed by atoms with Crippen molar-refractivity contribution in [1.82, 2.24) is 15.2 Å². The molecule has 0 saturated carbocycles. The molecule has 2 amide bonds. The number of benzene rings is 1. The van der Waals surface area contributed by atoms with Crippen molar-refractivity contribution in [3.8, 4) is 0 Å². The maximum atomic E-state index is 12.3. The lowest BCUT2D eigenvalue weighted by Crippen LogP contribution is -2.28. The molecule has 2 heterocycles. The first kappa shape index (κ1) is 17.9. The van der Waals surface area contributed by atoms with Crippen LogP contribution in [0, 0.1) is 13.8 Å². The number of carbonyl (C=O) groups is 2. The van der Waals surface area contributed by atoms with E-state index < -0.39 is 0 Å². The van der Waals surface area contributed by atoms with Crippen LogP contribution >= 0.6 is 0 Å². The first-order valence-electron chi connectivity index (χ1n) is 8.78. The van der Waals surface area contributed by atoms with Gasteiger partial charge in [0.25, 0.3) is 11.5 Å². The molecule has 0 spiro atoms. The Morgan fingerprint density at radius 1 is 1.19 bits per heavy atom. The molecule has 6 nitrogen and oxygen atoms in total. The van der Waals surface area contributed by atoms with E-state index in [1.165, 1.54) is 0 Å². The number of nitrogens with one attached hydrogen (secondary N) is 2. The van der Waals surface area contributed by atoms with Gasteiger partial charge >= 0.3 is 0 Å². The standard InChI is InChI=1S/C20H23N3O3/c1-13-10-14(2)22-20(26)17(13)11-21-19(25)16-7-5-15(6-8-16)12-23-9-3-4-18(23)24/h5-8,10H,3-4,9,11-12H2,1-2H3,(H,21,25)(H,22,26). The van der Waals surface area contributed by atoms with Crippen LogP contribution in [0.5, 0.6) is 0 Å². The third-order valence-corrected chi connectivity index (χ3v) is 4.68. The molecule has 6 heteroatoms. The molecule has 1 aromatic carbocycles. The highest BCUT2D eigenvalue weighted by atomic mass is 16.2. The molecule has 0 atom stereocenters. The zero-order valence-electron chi connectivity index (χ0n) is 15.1. The van der Waals surface area contributed by atoms with Crippen LogP contribution in [0.25, 0.3) is 0 Å². The smallest absolute Gasteiger partial charge is 0.253 e. The Bertz CT molecular complexity index is 884. The number of rotatable bonds is 5. The lowest BCUT2D eigenvalue weighted by atomic mass is 10.1. The third-order valence-electron chi connectivity index (χ3n) is 4.68. The summed E-state index contributed by atoms with van der Waals surface area (Å²) in [6, 6.07) is 9.11. The number of aromatic amines is 1. The van der Waals surface area contributed by atoms with E-state index in [9.17, 15) is 14.4 Å². The summed E-state index contributed by atoms with van der Waals surface area (Å²) < 4.78 is 0. The zero-order chi connectivity index (χ0) is 18.7. The second-order valence-corrected chi connectivity index (χ2v) is 6.74. The number of amides is 2. The van der Waals surface area contributed by atoms with Gasteiger partial charge in [-0.05, 0) is 49.6 Å². The molecule has 2 N–H and O–H groups in total. The van der Waals surface area contributed by atoms with Gasteiger partial charge in [-0.3, -0.25) is 14.4 Å². The van der Waals surface area contributed by atoms with Crippen LogP contribution < -0.4 is 10.9 Å². The number of hydrogen-bond donors (Lipinski definition) is 2. The van der Waals surface area contributed by atoms with Crippen LogP contribution in [0.3, 0.4) is 0 Å². The van der Waals surface area contributed by atoms with Crippen LogP contribution in [0.4, 0.5) is 0 Å². The Balaban J connectivity index is 1.62. The topological polar surface area (TPSA) is 82.3 Å². The predicted molar refractivity (Wildman–Crippen MR) is 98.8 cm³/mol. The molecule has 1 aliphatic heterocycles. The molecular weight excluding hydrogens is 330 g/mol. The summed E-state index contributed by atoms with van der Waals surface area (Å²) in [6.45, 7) is 5.25. The minimum Gasteiger partial charge on any atom is -0.348 e. The second-order valence-electron chi connectivity index (χ2n) is 6.74. The fraction of sp³-hybridized carbons (Fsp3) is 0.350. The molecule has 0 aliphatic carbocycles. The average molecular weight is 353 g/mol. The van der Waals surface area contributed by atoms with Crippen molar-refractivity contribution in [2.75, 3.05) is 6.54 Å². The van der Waals surface area contributed by atoms with E-state index in [1.807, 2.05) is 36.9 Å². The quantitative estimate of drug-likeness (QED) is 0.863. The Morgan fingerprint density at radius 3 is 2.54 bits per heavy atom. The number of aryl methyl sites for hydroxylation is 2. The highest BCUT2D eigenvalue weighted by Crippen LogP contribution is 2.15. The second kappa shape index (κ2) is 7.56. The largest absolute Gasteiger partial charge is 0.348 e. The summed E-state index contributed by atoms with van der Waals surface area (Å²) in [5, 5.41) is 2.79. The summed E-state index contributed by atoms with van der Waals surface area (Å²) in [5.41, 5.74) is 3.58. The fourth-order valence-corrected chi connectivity index (χ4v) is 3.23. The lowest BCUT2D eigenvalue weighted by molar-refractivity contribution is -0.128. The molecule has 1 aliphatic rings. The first-order valence-corrected chi connectivity index (χ1v) is 8.78. The van der Waals surface area contributed by atoms with E-state index in [0.717, 1.165) is 29.8 Å². The maximum Gasteiger partial charge on any atom is 0.253 e. The number of carbonyl (C=O) groups excluding carboxylic acids is 2. The monoisotopic (exact) mass is 353 g/mol. The molecule has 1 saturated heterocycles. The van der Waals surface area contributed by atoms with Gasteiger partial charge in [0.1, 0.15) is 0 Å². The summed E-state index contributed by atoms with van der Waals surface area (Å²) in [5.74, 6) is -0.0429. The maximum absolute atomic E-state index is 12.3. The molecule has 136 valence electrons. The van der Waals surface area contributed by atoms with Crippen LogP contribution in [0.15, 0.2) is 35.1 Å². The van der Waals surface area contributed by atoms with Gasteiger partial charge in [-0.25, -0.2) is 0 Å². The van der Waals surface area contributed by atoms with Crippen molar-refractivity contribution in [2.45, 2.75) is 39.8 Å². The summed E-state index contributed by atoms with van der Waals surface area (Å²) in [6.07, 6.45) is 1.54. The normalized spacial score (nSPS) is 13.9. The van der Waals surface area contributed by atoms with E-state index in [0.29, 0.717) is 24.1 Å². The zero-order valence-corrected chi connectivity index (χ0v) is 15.1. The summed E-state index contributed by atoms with van der Waals surface area (Å²) in [7, 11) is 0. The molecule has 0 radical (unpaired) electrons. The molecule has 0 unspecified atom stereocenters. The van der Waals surface area contributed by atoms with E-state index in [-0.39, 0.29) is 23.9 Å². The highest BCUT2D eigenvalue weighted by Gasteiger charge is 2.20. The van der Waals surface area contributed by atoms with E-state index in [2.05, 4.69) is 10.3 Å². The van der Waals surface area contributed by atoms with Crippen molar-refractivity contribution in [3.05, 3.63) is 68.6 Å². The van der Waals surface area contributed by atoms with Gasteiger partial charge in [0.05, 0.1) is 0 Å². The summed E-state index contributed by atoms with van der Waals surface area (Å²) >= 11 is 0. The molecule has 26 heavy (non-hydrogen) atoms. The Kier molecular flexibility index (Phi) is 5.21. The van der Waals surface area contributed by atoms with Crippen LogP contribution in [0.2, 0.25) is 0 Å². The number of aromatic nitrogens is 1. The number of hydrogen-bond acceptors (Lipinski definition) is 3. The van der Waals surface area contributed by atoms with Crippen LogP contribution in [-0.2, 0) is 17.9 Å². The van der Waals surface area contributed by atoms with Gasteiger partial charge in [-0.2, -0.15) is 0 Å². The molecule has 3 rings (SSSR count). The molecular formula is C20H23N3O3. The Labute approximate surface area is 152 Å². The minimum atomic E-state index is -0.229. The van der Waals surface area contributed by atoms with Crippen molar-refractivity contribution in [1.29, 1.82) is 0 Å². The van der Waals surface area contributed by atoms with Gasteiger partial charge in [-0.15, -0.1) is 0 Å². The number of pyridine rings is 1. The predicted octanol–water partition coefficient (Wildman–Crippen LogP) is 2.04. The molecule has 2 aromatic rings. The molecule has 1 aromatic heterocycles. The van der Waals surface area contributed by atoms with Crippen molar-refractivity contribution < 1.29 is 9.59 Å². The summed E-state index contributed by atoms with van der Waals surface area (Å²) in [4.78, 5) is 40.6. The number of nitrogens with zero attached hydrogens (tertiary/aromatic N) is 1. The van der Waals surface area contributed by atoms with Crippen LogP contribution in [0.1, 0.15) is 45.6 Å². The lowest BCUT2D eigenvalue weighted by Gasteiger charge is -2.15. The van der Waals surface area contributed by atoms with Crippen molar-refractivity contribution in [3.63, 3.8) is 0 Å². The highest BCUT2D eigenvalue weighted by molar-refractivity contribution is 5.94. The van der Waals surface area contributed by atoms with Gasteiger partial charge in [0.15, 0.2) is 0 Å². The van der Waals surface area contributed by atoms with Gasteiger partial charge < -0.3 is 15.2 Å². The van der Waals surface area contributed by atoms with Crippen molar-refractivity contribution in [2.24, 2.45) is 0 Å².